The van der Waals surface area contributed by atoms with Gasteiger partial charge in [-0.15, -0.1) is 0 Å². The van der Waals surface area contributed by atoms with Crippen LogP contribution in [-0.4, -0.2) is 11.3 Å². The van der Waals surface area contributed by atoms with Gasteiger partial charge in [-0.2, -0.15) is 0 Å². The lowest BCUT2D eigenvalue weighted by Gasteiger charge is -2.19. The third kappa shape index (κ3) is 1.66. The molecular weight excluding hydrogens is 238 g/mol. The summed E-state index contributed by atoms with van der Waals surface area (Å²) >= 11 is 0. The van der Waals surface area contributed by atoms with Crippen LogP contribution in [0.25, 0.3) is 11.3 Å². The van der Waals surface area contributed by atoms with Crippen molar-refractivity contribution in [1.82, 2.24) is 4.98 Å². The summed E-state index contributed by atoms with van der Waals surface area (Å²) in [5, 5.41) is 0. The van der Waals surface area contributed by atoms with E-state index in [1.807, 2.05) is 24.3 Å². The zero-order valence-electron chi connectivity index (χ0n) is 10.5. The Morgan fingerprint density at radius 2 is 1.89 bits per heavy atom. The van der Waals surface area contributed by atoms with Crippen LogP contribution in [0, 0.1) is 0 Å². The van der Waals surface area contributed by atoms with E-state index in [9.17, 15) is 0 Å². The number of epoxide rings is 1. The highest BCUT2D eigenvalue weighted by Crippen LogP contribution is 2.50. The van der Waals surface area contributed by atoms with Crippen LogP contribution in [0.15, 0.2) is 48.8 Å². The summed E-state index contributed by atoms with van der Waals surface area (Å²) in [6.45, 7) is 2.07. The van der Waals surface area contributed by atoms with Crippen molar-refractivity contribution in [3.63, 3.8) is 0 Å². The minimum absolute atomic E-state index is 0.110. The fourth-order valence-corrected chi connectivity index (χ4v) is 2.56. The molecule has 0 aliphatic carbocycles. The second kappa shape index (κ2) is 3.93. The van der Waals surface area contributed by atoms with Gasteiger partial charge in [0.15, 0.2) is 0 Å². The number of fused-ring (bicyclic) bond motifs is 3. The molecule has 0 amide bonds. The van der Waals surface area contributed by atoms with Crippen LogP contribution < -0.4 is 0 Å². The first-order chi connectivity index (χ1) is 9.34. The van der Waals surface area contributed by atoms with Crippen LogP contribution in [0.3, 0.4) is 0 Å². The standard InChI is InChI=1S/C16H13NO2/c1-10(11-6-8-17-9-7-11)14-12-4-2-3-5-13(12)15-16(18-14)19-15/h2-9,15-16H,1H3/b14-10-. The first kappa shape index (κ1) is 10.8. The highest BCUT2D eigenvalue weighted by Gasteiger charge is 2.48. The molecule has 2 aliphatic rings. The molecule has 0 radical (unpaired) electrons. The third-order valence-corrected chi connectivity index (χ3v) is 3.65. The van der Waals surface area contributed by atoms with Gasteiger partial charge >= 0.3 is 0 Å². The molecule has 1 aromatic heterocycles. The zero-order chi connectivity index (χ0) is 12.8. The first-order valence-electron chi connectivity index (χ1n) is 6.37. The molecule has 1 fully saturated rings. The highest BCUT2D eigenvalue weighted by atomic mass is 16.8. The molecule has 19 heavy (non-hydrogen) atoms. The van der Waals surface area contributed by atoms with E-state index in [1.165, 1.54) is 5.56 Å². The number of hydrogen-bond donors (Lipinski definition) is 0. The third-order valence-electron chi connectivity index (χ3n) is 3.65. The maximum atomic E-state index is 5.94. The van der Waals surface area contributed by atoms with Gasteiger partial charge in [-0.3, -0.25) is 4.98 Å². The van der Waals surface area contributed by atoms with Crippen LogP contribution in [0.5, 0.6) is 0 Å². The van der Waals surface area contributed by atoms with Gasteiger partial charge in [0.25, 0.3) is 0 Å². The molecule has 0 N–H and O–H groups in total. The summed E-state index contributed by atoms with van der Waals surface area (Å²) in [6, 6.07) is 12.3. The maximum Gasteiger partial charge on any atom is 0.231 e. The fourth-order valence-electron chi connectivity index (χ4n) is 2.56. The van der Waals surface area contributed by atoms with Crippen LogP contribution in [-0.2, 0) is 9.47 Å². The normalized spacial score (nSPS) is 25.9. The van der Waals surface area contributed by atoms with Crippen molar-refractivity contribution in [2.24, 2.45) is 0 Å². The molecule has 1 aromatic carbocycles. The van der Waals surface area contributed by atoms with Crippen molar-refractivity contribution >= 4 is 11.3 Å². The van der Waals surface area contributed by atoms with Crippen LogP contribution in [0.2, 0.25) is 0 Å². The van der Waals surface area contributed by atoms with Crippen molar-refractivity contribution in [2.75, 3.05) is 0 Å². The van der Waals surface area contributed by atoms with Crippen molar-refractivity contribution < 1.29 is 9.47 Å². The second-order valence-electron chi connectivity index (χ2n) is 4.82. The van der Waals surface area contributed by atoms with E-state index in [2.05, 4.69) is 24.0 Å². The lowest BCUT2D eigenvalue weighted by atomic mass is 9.96. The Bertz CT molecular complexity index is 663. The molecule has 3 heteroatoms. The summed E-state index contributed by atoms with van der Waals surface area (Å²) in [5.74, 6) is 0.917. The van der Waals surface area contributed by atoms with E-state index >= 15 is 0 Å². The highest BCUT2D eigenvalue weighted by molar-refractivity contribution is 5.88. The van der Waals surface area contributed by atoms with Gasteiger partial charge in [0.05, 0.1) is 0 Å². The second-order valence-corrected chi connectivity index (χ2v) is 4.82. The van der Waals surface area contributed by atoms with Crippen molar-refractivity contribution in [1.29, 1.82) is 0 Å². The van der Waals surface area contributed by atoms with E-state index in [0.29, 0.717) is 0 Å². The van der Waals surface area contributed by atoms with Crippen LogP contribution >= 0.6 is 0 Å². The van der Waals surface area contributed by atoms with E-state index in [1.54, 1.807) is 12.4 Å². The summed E-state index contributed by atoms with van der Waals surface area (Å²) in [5.41, 5.74) is 4.60. The number of aromatic nitrogens is 1. The van der Waals surface area contributed by atoms with Gasteiger partial charge in [0.1, 0.15) is 11.9 Å². The Morgan fingerprint density at radius 3 is 2.74 bits per heavy atom. The Labute approximate surface area is 111 Å². The average molecular weight is 251 g/mol. The Kier molecular flexibility index (Phi) is 2.23. The van der Waals surface area contributed by atoms with Crippen molar-refractivity contribution in [3.8, 4) is 0 Å². The number of nitrogens with zero attached hydrogens (tertiary/aromatic N) is 1. The van der Waals surface area contributed by atoms with Gasteiger partial charge in [0.2, 0.25) is 6.29 Å². The SMILES string of the molecule is C/C(=C1/OC2OC2c2ccccc21)c1ccncc1. The van der Waals surface area contributed by atoms with Crippen LogP contribution in [0.1, 0.15) is 29.7 Å². The lowest BCUT2D eigenvalue weighted by Crippen LogP contribution is -2.08. The Hall–Kier alpha value is -2.13. The van der Waals surface area contributed by atoms with Gasteiger partial charge < -0.3 is 9.47 Å². The molecule has 2 atom stereocenters. The zero-order valence-corrected chi connectivity index (χ0v) is 10.5. The molecule has 3 heterocycles. The number of allylic oxidation sites excluding steroid dienone is 1. The average Bonchev–Trinajstić information content (AvgIpc) is 3.26. The van der Waals surface area contributed by atoms with Gasteiger partial charge in [-0.25, -0.2) is 0 Å². The van der Waals surface area contributed by atoms with Gasteiger partial charge in [0, 0.05) is 18.0 Å². The predicted octanol–water partition coefficient (Wildman–Crippen LogP) is 3.40. The number of pyridine rings is 1. The number of ether oxygens (including phenoxy) is 2. The monoisotopic (exact) mass is 251 g/mol. The van der Waals surface area contributed by atoms with E-state index in [4.69, 9.17) is 9.47 Å². The molecule has 0 bridgehead atoms. The van der Waals surface area contributed by atoms with Crippen LogP contribution in [0.4, 0.5) is 0 Å². The van der Waals surface area contributed by atoms with Gasteiger partial charge in [-0.05, 0) is 35.8 Å². The number of benzene rings is 1. The summed E-state index contributed by atoms with van der Waals surface area (Å²) < 4.78 is 11.5. The minimum atomic E-state index is -0.110. The number of rotatable bonds is 1. The molecule has 2 unspecified atom stereocenters. The fraction of sp³-hybridized carbons (Fsp3) is 0.188. The molecule has 94 valence electrons. The summed E-state index contributed by atoms with van der Waals surface area (Å²) in [7, 11) is 0. The summed E-state index contributed by atoms with van der Waals surface area (Å²) in [4.78, 5) is 4.05. The summed E-state index contributed by atoms with van der Waals surface area (Å²) in [6.07, 6.45) is 3.60. The minimum Gasteiger partial charge on any atom is -0.461 e. The molecule has 4 rings (SSSR count). The van der Waals surface area contributed by atoms with E-state index in [0.717, 1.165) is 22.5 Å². The molecule has 2 aliphatic heterocycles. The Balaban J connectivity index is 1.89. The van der Waals surface area contributed by atoms with Gasteiger partial charge in [-0.1, -0.05) is 24.3 Å². The molecule has 0 spiro atoms. The first-order valence-corrected chi connectivity index (χ1v) is 6.37. The topological polar surface area (TPSA) is 34.6 Å². The maximum absolute atomic E-state index is 5.94. The largest absolute Gasteiger partial charge is 0.461 e. The molecule has 3 nitrogen and oxygen atoms in total. The Morgan fingerprint density at radius 1 is 1.11 bits per heavy atom. The molecule has 1 saturated heterocycles. The van der Waals surface area contributed by atoms with E-state index in [-0.39, 0.29) is 12.4 Å². The predicted molar refractivity (Wildman–Crippen MR) is 71.9 cm³/mol. The van der Waals surface area contributed by atoms with Crippen molar-refractivity contribution in [2.45, 2.75) is 19.3 Å². The smallest absolute Gasteiger partial charge is 0.231 e. The molecule has 0 saturated carbocycles. The van der Waals surface area contributed by atoms with Crippen molar-refractivity contribution in [3.05, 3.63) is 65.5 Å². The molecule has 2 aromatic rings. The molecular formula is C16H13NO2. The van der Waals surface area contributed by atoms with E-state index < -0.39 is 0 Å². The quantitative estimate of drug-likeness (QED) is 0.728. The lowest BCUT2D eigenvalue weighted by molar-refractivity contribution is 0.151. The number of hydrogen-bond acceptors (Lipinski definition) is 3.